The Hall–Kier alpha value is -1.40. The van der Waals surface area contributed by atoms with Crippen LogP contribution in [-0.2, 0) is 16.0 Å². The lowest BCUT2D eigenvalue weighted by atomic mass is 9.94. The largest absolute Gasteiger partial charge is 0.372 e. The van der Waals surface area contributed by atoms with E-state index in [0.717, 1.165) is 29.7 Å². The van der Waals surface area contributed by atoms with Gasteiger partial charge in [-0.05, 0) is 50.1 Å². The highest BCUT2D eigenvalue weighted by Gasteiger charge is 2.34. The number of nitrogens with zero attached hydrogens (tertiary/aromatic N) is 2. The molecule has 138 valence electrons. The SMILES string of the molecule is CCc1ccsc1C(=O)N1CCC(C(=O)N2CC(C)OC(C)C2)CC1. The lowest BCUT2D eigenvalue weighted by Gasteiger charge is -2.39. The van der Waals surface area contributed by atoms with E-state index in [2.05, 4.69) is 6.92 Å². The second-order valence-corrected chi connectivity index (χ2v) is 8.11. The van der Waals surface area contributed by atoms with Crippen molar-refractivity contribution < 1.29 is 14.3 Å². The summed E-state index contributed by atoms with van der Waals surface area (Å²) in [6.07, 6.45) is 2.60. The lowest BCUT2D eigenvalue weighted by Crippen LogP contribution is -2.51. The molecule has 0 N–H and O–H groups in total. The monoisotopic (exact) mass is 364 g/mol. The average molecular weight is 365 g/mol. The Morgan fingerprint density at radius 3 is 2.40 bits per heavy atom. The zero-order valence-electron chi connectivity index (χ0n) is 15.4. The van der Waals surface area contributed by atoms with Gasteiger partial charge in [0.25, 0.3) is 5.91 Å². The Morgan fingerprint density at radius 2 is 1.80 bits per heavy atom. The molecule has 3 heterocycles. The standard InChI is InChI=1S/C19H28N2O3S/c1-4-15-7-10-25-17(15)19(23)20-8-5-16(6-9-20)18(22)21-11-13(2)24-14(3)12-21/h7,10,13-14,16H,4-6,8-9,11-12H2,1-3H3. The number of carbonyl (C=O) groups excluding carboxylic acids is 2. The summed E-state index contributed by atoms with van der Waals surface area (Å²) >= 11 is 1.53. The Kier molecular flexibility index (Phi) is 5.79. The number of hydrogen-bond acceptors (Lipinski definition) is 4. The molecule has 2 aliphatic heterocycles. The molecule has 0 aromatic carbocycles. The topological polar surface area (TPSA) is 49.9 Å². The molecule has 2 fully saturated rings. The fourth-order valence-electron chi connectivity index (χ4n) is 3.89. The first-order chi connectivity index (χ1) is 12.0. The molecular formula is C19H28N2O3S. The lowest BCUT2D eigenvalue weighted by molar-refractivity contribution is -0.148. The van der Waals surface area contributed by atoms with Crippen molar-refractivity contribution in [3.63, 3.8) is 0 Å². The molecule has 6 heteroatoms. The maximum atomic E-state index is 12.8. The van der Waals surface area contributed by atoms with Gasteiger partial charge < -0.3 is 14.5 Å². The molecule has 0 bridgehead atoms. The zero-order chi connectivity index (χ0) is 18.0. The van der Waals surface area contributed by atoms with Crippen molar-refractivity contribution in [3.05, 3.63) is 21.9 Å². The first kappa shape index (κ1) is 18.4. The molecule has 0 saturated carbocycles. The minimum Gasteiger partial charge on any atom is -0.372 e. The van der Waals surface area contributed by atoms with Gasteiger partial charge in [-0.25, -0.2) is 0 Å². The average Bonchev–Trinajstić information content (AvgIpc) is 3.08. The Labute approximate surface area is 153 Å². The first-order valence-electron chi connectivity index (χ1n) is 9.29. The molecule has 3 rings (SSSR count). The summed E-state index contributed by atoms with van der Waals surface area (Å²) in [6.45, 7) is 8.81. The predicted octanol–water partition coefficient (Wildman–Crippen LogP) is 2.80. The third kappa shape index (κ3) is 4.06. The quantitative estimate of drug-likeness (QED) is 0.829. The van der Waals surface area contributed by atoms with Crippen LogP contribution in [0.15, 0.2) is 11.4 Å². The fourth-order valence-corrected chi connectivity index (χ4v) is 4.85. The minimum atomic E-state index is 0.0375. The number of ether oxygens (including phenoxy) is 1. The van der Waals surface area contributed by atoms with Gasteiger partial charge in [0.1, 0.15) is 0 Å². The van der Waals surface area contributed by atoms with E-state index in [9.17, 15) is 9.59 Å². The third-order valence-corrected chi connectivity index (χ3v) is 6.13. The summed E-state index contributed by atoms with van der Waals surface area (Å²) in [5.41, 5.74) is 1.13. The van der Waals surface area contributed by atoms with Crippen LogP contribution in [0.2, 0.25) is 0 Å². The van der Waals surface area contributed by atoms with Gasteiger partial charge >= 0.3 is 0 Å². The summed E-state index contributed by atoms with van der Waals surface area (Å²) in [4.78, 5) is 30.3. The van der Waals surface area contributed by atoms with E-state index >= 15 is 0 Å². The number of hydrogen-bond donors (Lipinski definition) is 0. The molecule has 2 aliphatic rings. The zero-order valence-corrected chi connectivity index (χ0v) is 16.2. The van der Waals surface area contributed by atoms with Crippen molar-refractivity contribution in [3.8, 4) is 0 Å². The number of piperidine rings is 1. The normalized spacial score (nSPS) is 25.2. The molecule has 5 nitrogen and oxygen atoms in total. The van der Waals surface area contributed by atoms with Crippen LogP contribution in [0, 0.1) is 5.92 Å². The van der Waals surface area contributed by atoms with Crippen molar-refractivity contribution in [1.82, 2.24) is 9.80 Å². The first-order valence-corrected chi connectivity index (χ1v) is 10.2. The van der Waals surface area contributed by atoms with Crippen LogP contribution >= 0.6 is 11.3 Å². The molecule has 2 amide bonds. The van der Waals surface area contributed by atoms with Crippen LogP contribution in [-0.4, -0.2) is 60.0 Å². The van der Waals surface area contributed by atoms with Gasteiger partial charge in [-0.3, -0.25) is 9.59 Å². The Morgan fingerprint density at radius 1 is 1.16 bits per heavy atom. The second kappa shape index (κ2) is 7.87. The van der Waals surface area contributed by atoms with Crippen molar-refractivity contribution in [2.75, 3.05) is 26.2 Å². The van der Waals surface area contributed by atoms with Crippen LogP contribution in [0.5, 0.6) is 0 Å². The van der Waals surface area contributed by atoms with Gasteiger partial charge in [0.2, 0.25) is 5.91 Å². The van der Waals surface area contributed by atoms with E-state index in [0.29, 0.717) is 26.2 Å². The summed E-state index contributed by atoms with van der Waals surface area (Å²) < 4.78 is 5.72. The van der Waals surface area contributed by atoms with Crippen LogP contribution < -0.4 is 0 Å². The number of likely N-dealkylation sites (tertiary alicyclic amines) is 1. The minimum absolute atomic E-state index is 0.0375. The third-order valence-electron chi connectivity index (χ3n) is 5.18. The van der Waals surface area contributed by atoms with E-state index < -0.39 is 0 Å². The molecule has 25 heavy (non-hydrogen) atoms. The van der Waals surface area contributed by atoms with E-state index in [4.69, 9.17) is 4.74 Å². The molecule has 1 aromatic heterocycles. The molecule has 1 aromatic rings. The van der Waals surface area contributed by atoms with Crippen molar-refractivity contribution in [2.45, 2.75) is 52.2 Å². The van der Waals surface area contributed by atoms with Crippen molar-refractivity contribution in [1.29, 1.82) is 0 Å². The highest BCUT2D eigenvalue weighted by molar-refractivity contribution is 7.12. The highest BCUT2D eigenvalue weighted by Crippen LogP contribution is 2.25. The number of thiophene rings is 1. The van der Waals surface area contributed by atoms with Gasteiger partial charge in [0, 0.05) is 32.1 Å². The Bertz CT molecular complexity index is 612. The number of amides is 2. The molecule has 2 unspecified atom stereocenters. The number of rotatable bonds is 3. The smallest absolute Gasteiger partial charge is 0.264 e. The molecule has 2 saturated heterocycles. The molecule has 2 atom stereocenters. The number of carbonyl (C=O) groups is 2. The van der Waals surface area contributed by atoms with Crippen molar-refractivity contribution in [2.24, 2.45) is 5.92 Å². The molecule has 0 spiro atoms. The maximum Gasteiger partial charge on any atom is 0.264 e. The van der Waals surface area contributed by atoms with Crippen LogP contribution in [0.3, 0.4) is 0 Å². The van der Waals surface area contributed by atoms with E-state index in [1.807, 2.05) is 35.1 Å². The van der Waals surface area contributed by atoms with Gasteiger partial charge in [0.15, 0.2) is 0 Å². The van der Waals surface area contributed by atoms with Crippen molar-refractivity contribution >= 4 is 23.2 Å². The van der Waals surface area contributed by atoms with Gasteiger partial charge in [-0.15, -0.1) is 11.3 Å². The number of aryl methyl sites for hydroxylation is 1. The molecule has 0 radical (unpaired) electrons. The second-order valence-electron chi connectivity index (χ2n) is 7.20. The molecular weight excluding hydrogens is 336 g/mol. The van der Waals surface area contributed by atoms with E-state index in [1.165, 1.54) is 11.3 Å². The summed E-state index contributed by atoms with van der Waals surface area (Å²) in [6, 6.07) is 2.04. The summed E-state index contributed by atoms with van der Waals surface area (Å²) in [5.74, 6) is 0.404. The van der Waals surface area contributed by atoms with Crippen LogP contribution in [0.25, 0.3) is 0 Å². The summed E-state index contributed by atoms with van der Waals surface area (Å²) in [5, 5.41) is 1.99. The number of morpholine rings is 1. The van der Waals surface area contributed by atoms with Crippen LogP contribution in [0.4, 0.5) is 0 Å². The van der Waals surface area contributed by atoms with E-state index in [1.54, 1.807) is 0 Å². The van der Waals surface area contributed by atoms with Gasteiger partial charge in [-0.1, -0.05) is 6.92 Å². The van der Waals surface area contributed by atoms with Gasteiger partial charge in [0.05, 0.1) is 17.1 Å². The van der Waals surface area contributed by atoms with Crippen LogP contribution in [0.1, 0.15) is 48.8 Å². The Balaban J connectivity index is 1.56. The molecule has 0 aliphatic carbocycles. The summed E-state index contributed by atoms with van der Waals surface area (Å²) in [7, 11) is 0. The van der Waals surface area contributed by atoms with Gasteiger partial charge in [-0.2, -0.15) is 0 Å². The maximum absolute atomic E-state index is 12.8. The predicted molar refractivity (Wildman–Crippen MR) is 98.9 cm³/mol. The highest BCUT2D eigenvalue weighted by atomic mass is 32.1. The van der Waals surface area contributed by atoms with E-state index in [-0.39, 0.29) is 29.9 Å². The fraction of sp³-hybridized carbons (Fsp3) is 0.684.